The minimum absolute atomic E-state index is 1.27. The van der Waals surface area contributed by atoms with E-state index >= 15 is 0 Å². The van der Waals surface area contributed by atoms with Crippen molar-refractivity contribution in [2.75, 3.05) is 0 Å². The van der Waals surface area contributed by atoms with E-state index in [9.17, 15) is 0 Å². The zero-order valence-electron chi connectivity index (χ0n) is 13.3. The lowest BCUT2D eigenvalue weighted by atomic mass is 9.93. The van der Waals surface area contributed by atoms with E-state index in [1.165, 1.54) is 69.8 Å². The van der Waals surface area contributed by atoms with Gasteiger partial charge in [-0.15, -0.1) is 0 Å². The second-order valence-corrected chi connectivity index (χ2v) is 5.83. The molecule has 0 unspecified atom stereocenters. The smallest absolute Gasteiger partial charge is 0.0274 e. The Hall–Kier alpha value is -0.780. The zero-order valence-corrected chi connectivity index (χ0v) is 13.3. The summed E-state index contributed by atoms with van der Waals surface area (Å²) in [5, 5.41) is 0. The molecule has 0 aliphatic carbocycles. The molecule has 1 rings (SSSR count). The number of aryl methyl sites for hydroxylation is 2. The molecule has 0 radical (unpaired) electrons. The average Bonchev–Trinajstić information content (AvgIpc) is 2.42. The fraction of sp³-hybridized carbons (Fsp3) is 0.684. The van der Waals surface area contributed by atoms with Crippen LogP contribution in [0.4, 0.5) is 0 Å². The van der Waals surface area contributed by atoms with Crippen molar-refractivity contribution in [2.45, 2.75) is 85.0 Å². The van der Waals surface area contributed by atoms with Crippen LogP contribution < -0.4 is 0 Å². The fourth-order valence-electron chi connectivity index (χ4n) is 2.80. The average molecular weight is 260 g/mol. The molecule has 1 aromatic rings. The number of hydrogen-bond donors (Lipinski definition) is 0. The maximum absolute atomic E-state index is 2.35. The summed E-state index contributed by atoms with van der Waals surface area (Å²) in [6, 6.07) is 6.86. The van der Waals surface area contributed by atoms with Gasteiger partial charge in [-0.05, 0) is 49.3 Å². The minimum atomic E-state index is 1.27. The quantitative estimate of drug-likeness (QED) is 0.437. The van der Waals surface area contributed by atoms with Gasteiger partial charge in [0.05, 0.1) is 0 Å². The summed E-state index contributed by atoms with van der Waals surface area (Å²) in [5.74, 6) is 0. The predicted molar refractivity (Wildman–Crippen MR) is 86.9 cm³/mol. The summed E-state index contributed by atoms with van der Waals surface area (Å²) in [7, 11) is 0. The van der Waals surface area contributed by atoms with E-state index < -0.39 is 0 Å². The topological polar surface area (TPSA) is 0 Å². The number of rotatable bonds is 10. The Kier molecular flexibility index (Phi) is 8.62. The van der Waals surface area contributed by atoms with Crippen LogP contribution in [0.3, 0.4) is 0 Å². The second-order valence-electron chi connectivity index (χ2n) is 5.83. The van der Waals surface area contributed by atoms with Gasteiger partial charge in [-0.25, -0.2) is 0 Å². The van der Waals surface area contributed by atoms with Crippen molar-refractivity contribution >= 4 is 0 Å². The van der Waals surface area contributed by atoms with Crippen LogP contribution in [0.2, 0.25) is 0 Å². The summed E-state index contributed by atoms with van der Waals surface area (Å²) >= 11 is 0. The van der Waals surface area contributed by atoms with Gasteiger partial charge in [0.25, 0.3) is 0 Å². The lowest BCUT2D eigenvalue weighted by Gasteiger charge is -2.12. The van der Waals surface area contributed by atoms with Crippen molar-refractivity contribution < 1.29 is 0 Å². The van der Waals surface area contributed by atoms with Gasteiger partial charge in [-0.3, -0.25) is 0 Å². The summed E-state index contributed by atoms with van der Waals surface area (Å²) in [6.07, 6.45) is 13.6. The SMILES string of the molecule is CCCCCCCCc1cccc(C)c1CCCC. The normalized spacial score (nSPS) is 10.9. The van der Waals surface area contributed by atoms with Crippen LogP contribution in [-0.2, 0) is 12.8 Å². The third-order valence-corrected chi connectivity index (χ3v) is 4.09. The molecule has 0 heteroatoms. The van der Waals surface area contributed by atoms with E-state index in [2.05, 4.69) is 39.0 Å². The van der Waals surface area contributed by atoms with Crippen LogP contribution in [0.1, 0.15) is 81.9 Å². The van der Waals surface area contributed by atoms with Crippen molar-refractivity contribution in [3.63, 3.8) is 0 Å². The molecule has 0 N–H and O–H groups in total. The summed E-state index contributed by atoms with van der Waals surface area (Å²) in [6.45, 7) is 6.84. The Balaban J connectivity index is 2.41. The molecular weight excluding hydrogens is 228 g/mol. The van der Waals surface area contributed by atoms with Crippen LogP contribution in [0.5, 0.6) is 0 Å². The highest BCUT2D eigenvalue weighted by molar-refractivity contribution is 5.34. The molecule has 0 aliphatic heterocycles. The maximum Gasteiger partial charge on any atom is -0.0274 e. The van der Waals surface area contributed by atoms with Gasteiger partial charge in [0.2, 0.25) is 0 Å². The number of unbranched alkanes of at least 4 members (excludes halogenated alkanes) is 6. The molecule has 19 heavy (non-hydrogen) atoms. The minimum Gasteiger partial charge on any atom is -0.0654 e. The molecular formula is C19H32. The second kappa shape index (κ2) is 10.1. The van der Waals surface area contributed by atoms with Gasteiger partial charge in [-0.2, -0.15) is 0 Å². The molecule has 0 nitrogen and oxygen atoms in total. The highest BCUT2D eigenvalue weighted by Gasteiger charge is 2.05. The summed E-state index contributed by atoms with van der Waals surface area (Å²) < 4.78 is 0. The van der Waals surface area contributed by atoms with Gasteiger partial charge in [-0.1, -0.05) is 70.6 Å². The van der Waals surface area contributed by atoms with Gasteiger partial charge >= 0.3 is 0 Å². The number of hydrogen-bond acceptors (Lipinski definition) is 0. The molecule has 0 heterocycles. The highest BCUT2D eigenvalue weighted by atomic mass is 14.1. The van der Waals surface area contributed by atoms with Crippen molar-refractivity contribution in [1.82, 2.24) is 0 Å². The Bertz CT molecular complexity index is 338. The van der Waals surface area contributed by atoms with E-state index in [1.807, 2.05) is 0 Å². The molecule has 0 fully saturated rings. The first-order valence-corrected chi connectivity index (χ1v) is 8.37. The van der Waals surface area contributed by atoms with Gasteiger partial charge in [0, 0.05) is 0 Å². The molecule has 0 saturated heterocycles. The summed E-state index contributed by atoms with van der Waals surface area (Å²) in [5.41, 5.74) is 4.75. The van der Waals surface area contributed by atoms with E-state index in [1.54, 1.807) is 11.1 Å². The molecule has 108 valence electrons. The molecule has 0 spiro atoms. The first kappa shape index (κ1) is 16.3. The standard InChI is InChI=1S/C19H32/c1-4-6-8-9-10-11-14-18-15-12-13-17(3)19(18)16-7-5-2/h12-13,15H,4-11,14,16H2,1-3H3. The van der Waals surface area contributed by atoms with E-state index in [-0.39, 0.29) is 0 Å². The van der Waals surface area contributed by atoms with Gasteiger partial charge < -0.3 is 0 Å². The fourth-order valence-corrected chi connectivity index (χ4v) is 2.80. The Morgan fingerprint density at radius 1 is 0.737 bits per heavy atom. The molecule has 0 aromatic heterocycles. The summed E-state index contributed by atoms with van der Waals surface area (Å²) in [4.78, 5) is 0. The first-order chi connectivity index (χ1) is 9.29. The monoisotopic (exact) mass is 260 g/mol. The molecule has 0 aliphatic rings. The van der Waals surface area contributed by atoms with Crippen molar-refractivity contribution in [2.24, 2.45) is 0 Å². The van der Waals surface area contributed by atoms with Crippen LogP contribution >= 0.6 is 0 Å². The van der Waals surface area contributed by atoms with E-state index in [4.69, 9.17) is 0 Å². The largest absolute Gasteiger partial charge is 0.0654 e. The van der Waals surface area contributed by atoms with Crippen molar-refractivity contribution in [3.8, 4) is 0 Å². The maximum atomic E-state index is 2.35. The molecule has 0 atom stereocenters. The first-order valence-electron chi connectivity index (χ1n) is 8.37. The van der Waals surface area contributed by atoms with Gasteiger partial charge in [0.15, 0.2) is 0 Å². The Labute approximate surface area is 120 Å². The zero-order chi connectivity index (χ0) is 13.9. The Morgan fingerprint density at radius 2 is 1.42 bits per heavy atom. The van der Waals surface area contributed by atoms with Crippen molar-refractivity contribution in [1.29, 1.82) is 0 Å². The molecule has 0 bridgehead atoms. The highest BCUT2D eigenvalue weighted by Crippen LogP contribution is 2.19. The third-order valence-electron chi connectivity index (χ3n) is 4.09. The number of benzene rings is 1. The van der Waals surface area contributed by atoms with E-state index in [0.29, 0.717) is 0 Å². The molecule has 0 saturated carbocycles. The molecule has 0 amide bonds. The van der Waals surface area contributed by atoms with Crippen LogP contribution in [-0.4, -0.2) is 0 Å². The lowest BCUT2D eigenvalue weighted by molar-refractivity contribution is 0.606. The van der Waals surface area contributed by atoms with Crippen LogP contribution in [0.15, 0.2) is 18.2 Å². The Morgan fingerprint density at radius 3 is 2.16 bits per heavy atom. The van der Waals surface area contributed by atoms with Crippen molar-refractivity contribution in [3.05, 3.63) is 34.9 Å². The lowest BCUT2D eigenvalue weighted by Crippen LogP contribution is -1.98. The third kappa shape index (κ3) is 6.27. The van der Waals surface area contributed by atoms with Crippen LogP contribution in [0.25, 0.3) is 0 Å². The molecule has 1 aromatic carbocycles. The predicted octanol–water partition coefficient (Wildman–Crippen LogP) is 6.24. The van der Waals surface area contributed by atoms with E-state index in [0.717, 1.165) is 0 Å². The van der Waals surface area contributed by atoms with Crippen LogP contribution in [0, 0.1) is 6.92 Å². The van der Waals surface area contributed by atoms with Gasteiger partial charge in [0.1, 0.15) is 0 Å².